The maximum Gasteiger partial charge on any atom is 0.319 e. The molecule has 31 heavy (non-hydrogen) atoms. The van der Waals surface area contributed by atoms with Gasteiger partial charge in [0, 0.05) is 30.9 Å². The molecule has 8 heteroatoms. The van der Waals surface area contributed by atoms with Crippen molar-refractivity contribution < 1.29 is 13.6 Å². The number of anilines is 1. The van der Waals surface area contributed by atoms with Crippen molar-refractivity contribution in [2.45, 2.75) is 19.9 Å². The van der Waals surface area contributed by atoms with Crippen LogP contribution in [-0.2, 0) is 6.54 Å². The summed E-state index contributed by atoms with van der Waals surface area (Å²) in [4.78, 5) is 21.2. The fourth-order valence-corrected chi connectivity index (χ4v) is 3.29. The number of carbonyl (C=O) groups is 1. The average Bonchev–Trinajstić information content (AvgIpc) is 3.12. The average molecular weight is 421 g/mol. The molecule has 6 nitrogen and oxygen atoms in total. The van der Waals surface area contributed by atoms with Gasteiger partial charge in [0.1, 0.15) is 23.0 Å². The van der Waals surface area contributed by atoms with Crippen molar-refractivity contribution >= 4 is 22.9 Å². The number of urea groups is 1. The first-order valence-corrected chi connectivity index (χ1v) is 9.89. The zero-order chi connectivity index (χ0) is 21.8. The smallest absolute Gasteiger partial charge is 0.319 e. The number of aryl methyl sites for hydroxylation is 2. The summed E-state index contributed by atoms with van der Waals surface area (Å²) in [7, 11) is 0. The van der Waals surface area contributed by atoms with Crippen molar-refractivity contribution in [2.24, 2.45) is 0 Å². The molecule has 0 aliphatic heterocycles. The van der Waals surface area contributed by atoms with Crippen LogP contribution >= 0.6 is 0 Å². The number of nitrogens with one attached hydrogen (secondary N) is 2. The Hall–Kier alpha value is -3.81. The standard InChI is InChI=1S/C23H21F2N5O/c1-15-5-7-16(8-6-15)21-28-20-4-2-11-26-22(20)30(21)13-3-12-27-23(31)29-19-10-9-17(24)14-18(19)25/h2,4-11,14H,3,12-13H2,1H3,(H2,27,29,31). The van der Waals surface area contributed by atoms with Crippen LogP contribution in [0.4, 0.5) is 19.3 Å². The van der Waals surface area contributed by atoms with Gasteiger partial charge in [0.05, 0.1) is 5.69 Å². The quantitative estimate of drug-likeness (QED) is 0.435. The van der Waals surface area contributed by atoms with Crippen LogP contribution in [0.3, 0.4) is 0 Å². The molecular weight excluding hydrogens is 400 g/mol. The molecule has 4 rings (SSSR count). The lowest BCUT2D eigenvalue weighted by atomic mass is 10.1. The minimum absolute atomic E-state index is 0.0784. The number of carbonyl (C=O) groups excluding carboxylic acids is 1. The number of pyridine rings is 1. The largest absolute Gasteiger partial charge is 0.338 e. The zero-order valence-corrected chi connectivity index (χ0v) is 16.9. The van der Waals surface area contributed by atoms with E-state index in [4.69, 9.17) is 4.98 Å². The highest BCUT2D eigenvalue weighted by Gasteiger charge is 2.13. The normalized spacial score (nSPS) is 10.9. The number of rotatable bonds is 6. The Labute approximate surface area is 178 Å². The number of nitrogens with zero attached hydrogens (tertiary/aromatic N) is 3. The molecule has 2 aromatic heterocycles. The van der Waals surface area contributed by atoms with Crippen LogP contribution in [0.5, 0.6) is 0 Å². The summed E-state index contributed by atoms with van der Waals surface area (Å²) in [5.41, 5.74) is 3.65. The first kappa shape index (κ1) is 20.5. The van der Waals surface area contributed by atoms with Gasteiger partial charge in [-0.2, -0.15) is 0 Å². The highest BCUT2D eigenvalue weighted by molar-refractivity contribution is 5.89. The van der Waals surface area contributed by atoms with E-state index in [9.17, 15) is 13.6 Å². The lowest BCUT2D eigenvalue weighted by molar-refractivity contribution is 0.251. The summed E-state index contributed by atoms with van der Waals surface area (Å²) >= 11 is 0. The van der Waals surface area contributed by atoms with Crippen molar-refractivity contribution in [1.82, 2.24) is 19.9 Å². The number of hydrogen-bond donors (Lipinski definition) is 2. The third-order valence-corrected chi connectivity index (χ3v) is 4.84. The molecule has 2 aromatic carbocycles. The van der Waals surface area contributed by atoms with E-state index in [0.717, 1.165) is 40.2 Å². The summed E-state index contributed by atoms with van der Waals surface area (Å²) < 4.78 is 28.7. The van der Waals surface area contributed by atoms with Gasteiger partial charge in [0.2, 0.25) is 0 Å². The first-order chi connectivity index (χ1) is 15.0. The second-order valence-electron chi connectivity index (χ2n) is 7.16. The summed E-state index contributed by atoms with van der Waals surface area (Å²) in [5.74, 6) is -0.714. The van der Waals surface area contributed by atoms with Crippen LogP contribution in [0.1, 0.15) is 12.0 Å². The van der Waals surface area contributed by atoms with Crippen LogP contribution in [0, 0.1) is 18.6 Å². The molecule has 0 spiro atoms. The third-order valence-electron chi connectivity index (χ3n) is 4.84. The Morgan fingerprint density at radius 2 is 1.90 bits per heavy atom. The fourth-order valence-electron chi connectivity index (χ4n) is 3.29. The highest BCUT2D eigenvalue weighted by atomic mass is 19.1. The van der Waals surface area contributed by atoms with Gasteiger partial charge in [-0.1, -0.05) is 29.8 Å². The first-order valence-electron chi connectivity index (χ1n) is 9.89. The molecule has 0 unspecified atom stereocenters. The van der Waals surface area contributed by atoms with Gasteiger partial charge in [-0.05, 0) is 37.6 Å². The molecule has 2 amide bonds. The Bertz CT molecular complexity index is 1220. The van der Waals surface area contributed by atoms with Crippen molar-refractivity contribution in [3.63, 3.8) is 0 Å². The predicted molar refractivity (Wildman–Crippen MR) is 116 cm³/mol. The number of amides is 2. The molecule has 0 aliphatic carbocycles. The third kappa shape index (κ3) is 4.69. The van der Waals surface area contributed by atoms with E-state index in [1.807, 2.05) is 47.9 Å². The number of fused-ring (bicyclic) bond motifs is 1. The van der Waals surface area contributed by atoms with Crippen LogP contribution in [0.25, 0.3) is 22.6 Å². The summed E-state index contributed by atoms with van der Waals surface area (Å²) in [6, 6.07) is 14.3. The van der Waals surface area contributed by atoms with Gasteiger partial charge in [0.15, 0.2) is 5.65 Å². The van der Waals surface area contributed by atoms with Gasteiger partial charge in [0.25, 0.3) is 0 Å². The second-order valence-corrected chi connectivity index (χ2v) is 7.16. The molecule has 0 radical (unpaired) electrons. The topological polar surface area (TPSA) is 71.8 Å². The van der Waals surface area contributed by atoms with Crippen molar-refractivity contribution in [3.8, 4) is 11.4 Å². The van der Waals surface area contributed by atoms with Crippen LogP contribution in [0.2, 0.25) is 0 Å². The van der Waals surface area contributed by atoms with E-state index >= 15 is 0 Å². The maximum absolute atomic E-state index is 13.7. The van der Waals surface area contributed by atoms with Gasteiger partial charge in [-0.15, -0.1) is 0 Å². The number of halogens is 2. The van der Waals surface area contributed by atoms with E-state index < -0.39 is 17.7 Å². The Morgan fingerprint density at radius 3 is 2.68 bits per heavy atom. The summed E-state index contributed by atoms with van der Waals surface area (Å²) in [6.45, 7) is 2.97. The van der Waals surface area contributed by atoms with Crippen LogP contribution in [-0.4, -0.2) is 27.1 Å². The Kier molecular flexibility index (Phi) is 5.88. The Morgan fingerprint density at radius 1 is 1.10 bits per heavy atom. The monoisotopic (exact) mass is 421 g/mol. The minimum atomic E-state index is -0.825. The van der Waals surface area contributed by atoms with Crippen molar-refractivity contribution in [1.29, 1.82) is 0 Å². The van der Waals surface area contributed by atoms with Gasteiger partial charge >= 0.3 is 6.03 Å². The zero-order valence-electron chi connectivity index (χ0n) is 16.9. The predicted octanol–water partition coefficient (Wildman–Crippen LogP) is 4.90. The molecule has 0 aliphatic rings. The summed E-state index contributed by atoms with van der Waals surface area (Å²) in [5, 5.41) is 5.07. The van der Waals surface area contributed by atoms with E-state index in [1.165, 1.54) is 6.07 Å². The number of hydrogen-bond acceptors (Lipinski definition) is 3. The molecule has 0 fully saturated rings. The van der Waals surface area contributed by atoms with E-state index in [2.05, 4.69) is 15.6 Å². The summed E-state index contributed by atoms with van der Waals surface area (Å²) in [6.07, 6.45) is 2.34. The van der Waals surface area contributed by atoms with Gasteiger partial charge in [-0.25, -0.2) is 23.5 Å². The lowest BCUT2D eigenvalue weighted by Gasteiger charge is -2.11. The maximum atomic E-state index is 13.7. The fraction of sp³-hybridized carbons (Fsp3) is 0.174. The van der Waals surface area contributed by atoms with Gasteiger partial charge in [-0.3, -0.25) is 0 Å². The molecule has 0 atom stereocenters. The minimum Gasteiger partial charge on any atom is -0.338 e. The SMILES string of the molecule is Cc1ccc(-c2nc3cccnc3n2CCCNC(=O)Nc2ccc(F)cc2F)cc1. The lowest BCUT2D eigenvalue weighted by Crippen LogP contribution is -2.30. The second kappa shape index (κ2) is 8.91. The number of imidazole rings is 1. The molecule has 158 valence electrons. The molecule has 0 bridgehead atoms. The van der Waals surface area contributed by atoms with Gasteiger partial charge < -0.3 is 15.2 Å². The molecular formula is C23H21F2N5O. The van der Waals surface area contributed by atoms with Crippen LogP contribution in [0.15, 0.2) is 60.8 Å². The van der Waals surface area contributed by atoms with E-state index in [0.29, 0.717) is 19.5 Å². The molecule has 4 aromatic rings. The molecule has 0 saturated heterocycles. The molecule has 2 heterocycles. The van der Waals surface area contributed by atoms with Crippen molar-refractivity contribution in [3.05, 3.63) is 78.0 Å². The Balaban J connectivity index is 1.42. The van der Waals surface area contributed by atoms with E-state index in [-0.39, 0.29) is 5.69 Å². The van der Waals surface area contributed by atoms with Crippen molar-refractivity contribution in [2.75, 3.05) is 11.9 Å². The molecule has 2 N–H and O–H groups in total. The number of aromatic nitrogens is 3. The molecule has 0 saturated carbocycles. The van der Waals surface area contributed by atoms with Crippen LogP contribution < -0.4 is 10.6 Å². The number of benzene rings is 2. The van der Waals surface area contributed by atoms with E-state index in [1.54, 1.807) is 6.20 Å². The highest BCUT2D eigenvalue weighted by Crippen LogP contribution is 2.24.